The zero-order chi connectivity index (χ0) is 51.4. The van der Waals surface area contributed by atoms with Crippen LogP contribution in [0.25, 0.3) is 269 Å². The Morgan fingerprint density at radius 2 is 0.452 bits per heavy atom. The predicted molar refractivity (Wildman–Crippen MR) is 338 cm³/mol. The average Bonchev–Trinajstić information content (AvgIpc) is 1.34. The SMILES string of the molecule is CCOC(=O)c1ccc(N2C34c5c6c7c8c9c%10c%11c%12c%13c(c%14c%15c3c3c5c5c7c7c%16c8c8c%10c%10c%11c%11c%13c%13c%14c%14c%15c%15c3c3c5c7c5c7c3c%15c3c%14c%14c%13c%11c%11c%10c%10c8c%16c5c5c%10c%11c%14c3c75)C24C%122N(c3ccc(C(=O)OCC)cc3)C692)cc1. The fourth-order valence-electron chi connectivity index (χ4n) is 28.3. The lowest BCUT2D eigenvalue weighted by Gasteiger charge is -2.36. The van der Waals surface area contributed by atoms with E-state index in [9.17, 15) is 9.59 Å². The highest BCUT2D eigenvalue weighted by Crippen LogP contribution is 3.01. The maximum atomic E-state index is 13.8. The Morgan fingerprint density at radius 3 is 0.679 bits per heavy atom. The molecule has 4 spiro atoms. The molecule has 0 radical (unpaired) electrons. The quantitative estimate of drug-likeness (QED) is 0.0940. The topological polar surface area (TPSA) is 58.6 Å². The fourth-order valence-corrected chi connectivity index (χ4v) is 28.3. The van der Waals surface area contributed by atoms with Crippen molar-refractivity contribution in [2.24, 2.45) is 0 Å². The molecule has 4 unspecified atom stereocenters. The summed E-state index contributed by atoms with van der Waals surface area (Å²) >= 11 is 0. The van der Waals surface area contributed by atoms with Crippen molar-refractivity contribution in [1.82, 2.24) is 0 Å². The first-order valence-electron chi connectivity index (χ1n) is 30.8. The largest absolute Gasteiger partial charge is 0.462 e. The molecule has 36 rings (SSSR count). The van der Waals surface area contributed by atoms with Crippen LogP contribution in [0.5, 0.6) is 0 Å². The van der Waals surface area contributed by atoms with Crippen LogP contribution in [0, 0.1) is 0 Å². The van der Waals surface area contributed by atoms with Gasteiger partial charge in [-0.3, -0.25) is 0 Å². The number of benzene rings is 19. The lowest BCUT2D eigenvalue weighted by atomic mass is 9.58. The van der Waals surface area contributed by atoms with E-state index in [-0.39, 0.29) is 11.9 Å². The molecule has 0 N–H and O–H groups in total. The van der Waals surface area contributed by atoms with Crippen LogP contribution in [-0.2, 0) is 31.6 Å². The Hall–Kier alpha value is -10.3. The van der Waals surface area contributed by atoms with Crippen molar-refractivity contribution in [3.8, 4) is 0 Å². The van der Waals surface area contributed by atoms with E-state index in [1.54, 1.807) is 303 Å². The van der Waals surface area contributed by atoms with Crippen molar-refractivity contribution < 1.29 is 19.1 Å². The number of esters is 2. The summed E-state index contributed by atoms with van der Waals surface area (Å²) in [6.07, 6.45) is 0. The Balaban J connectivity index is 0.982. The summed E-state index contributed by atoms with van der Waals surface area (Å²) in [6.45, 7) is 4.48. The molecule has 28 aromatic carbocycles. The third kappa shape index (κ3) is 1.86. The van der Waals surface area contributed by atoms with Crippen molar-refractivity contribution in [2.45, 2.75) is 36.0 Å². The zero-order valence-electron chi connectivity index (χ0n) is 43.6. The Morgan fingerprint density at radius 1 is 0.262 bits per heavy atom. The van der Waals surface area contributed by atoms with Gasteiger partial charge in [0.25, 0.3) is 0 Å². The third-order valence-corrected chi connectivity index (χ3v) is 28.5. The van der Waals surface area contributed by atoms with Gasteiger partial charge in [0, 0.05) is 44.8 Å². The molecule has 2 saturated heterocycles. The molecule has 2 heterocycles. The normalized spacial score (nSPS) is 24.6. The zero-order valence-corrected chi connectivity index (χ0v) is 43.6. The second-order valence-electron chi connectivity index (χ2n) is 29.0. The Bertz CT molecular complexity index is 7840. The summed E-state index contributed by atoms with van der Waals surface area (Å²) < 4.78 is 11.5. The minimum atomic E-state index is -0.610. The van der Waals surface area contributed by atoms with Gasteiger partial charge < -0.3 is 19.3 Å². The van der Waals surface area contributed by atoms with Crippen molar-refractivity contribution >= 4 is 293 Å². The molecule has 0 amide bonds. The van der Waals surface area contributed by atoms with Crippen LogP contribution in [0.15, 0.2) is 48.5 Å². The summed E-state index contributed by atoms with van der Waals surface area (Å²) in [5.41, 5.74) is 10.7. The molecule has 6 nitrogen and oxygen atoms in total. The highest BCUT2D eigenvalue weighted by Gasteiger charge is 3.05. The monoisotopic (exact) mass is 1050 g/mol. The first kappa shape index (κ1) is 33.6. The van der Waals surface area contributed by atoms with Gasteiger partial charge in [-0.25, -0.2) is 9.59 Å². The van der Waals surface area contributed by atoms with Gasteiger partial charge in [-0.05, 0) is 332 Å². The molecule has 0 bridgehead atoms. The summed E-state index contributed by atoms with van der Waals surface area (Å²) in [4.78, 5) is 33.8. The number of hydrogen-bond donors (Lipinski definition) is 0. The van der Waals surface area contributed by atoms with Crippen LogP contribution in [0.2, 0.25) is 0 Å². The number of ether oxygens (including phenoxy) is 2. The number of carbonyl (C=O) groups is 2. The van der Waals surface area contributed by atoms with E-state index in [1.807, 2.05) is 13.8 Å². The summed E-state index contributed by atoms with van der Waals surface area (Å²) in [7, 11) is 0. The lowest BCUT2D eigenvalue weighted by Crippen LogP contribution is -2.44. The Labute approximate surface area is 461 Å². The first-order valence-corrected chi connectivity index (χ1v) is 30.8. The minimum Gasteiger partial charge on any atom is -0.462 e. The standard InChI is InChI=1S/C78H18N2O4/c1-3-83-73(81)13-5-9-15(10-6-13)79-75-67-58-51-43-34-26-19-17-18-20-22-21(19)28-32(26)45(51)53-47-36(28)37-29(22)33-27(20)35-31-24(18)25-23(17)30(34)39-41-38(25)42-40(31)50-44(35)52-46(33)54-48(37)57(47)66-69(62(53)58)77(75,79)78-70(66)63(54)59(52)68-61(50)65-56(42)55(41)64(60(67)49(39)43)71(75)72(65)76(68,78)80(78)16-11-7-14(8-12-16)74(82)84-4-2/h5-12H,3-4H2,1-2H3. The van der Waals surface area contributed by atoms with E-state index < -0.39 is 22.2 Å². The van der Waals surface area contributed by atoms with Crippen LogP contribution in [-0.4, -0.2) is 25.2 Å². The highest BCUT2D eigenvalue weighted by atomic mass is 16.5. The van der Waals surface area contributed by atoms with Gasteiger partial charge in [-0.2, -0.15) is 0 Å². The molecule has 2 aliphatic heterocycles. The van der Waals surface area contributed by atoms with Crippen LogP contribution in [0.1, 0.15) is 67.9 Å². The number of carbonyl (C=O) groups excluding carboxylic acids is 2. The molecule has 6 aliphatic carbocycles. The minimum absolute atomic E-state index is 0.270. The van der Waals surface area contributed by atoms with Crippen LogP contribution >= 0.6 is 0 Å². The molecule has 364 valence electrons. The smallest absolute Gasteiger partial charge is 0.338 e. The molecule has 6 heteroatoms. The molecular formula is C78H18N2O4. The van der Waals surface area contributed by atoms with Gasteiger partial charge in [-0.15, -0.1) is 0 Å². The molecule has 4 atom stereocenters. The second kappa shape index (κ2) is 7.89. The molecule has 28 aromatic rings. The van der Waals surface area contributed by atoms with Crippen LogP contribution in [0.4, 0.5) is 11.4 Å². The van der Waals surface area contributed by atoms with Crippen LogP contribution < -0.4 is 9.80 Å². The van der Waals surface area contributed by atoms with Gasteiger partial charge in [0.1, 0.15) is 22.2 Å². The lowest BCUT2D eigenvalue weighted by molar-refractivity contribution is 0.0517. The van der Waals surface area contributed by atoms with E-state index in [1.165, 1.54) is 11.4 Å². The number of rotatable bonds is 6. The molecule has 84 heavy (non-hydrogen) atoms. The Kier molecular flexibility index (Phi) is 3.15. The number of hydrogen-bond acceptors (Lipinski definition) is 6. The maximum absolute atomic E-state index is 13.8. The van der Waals surface area contributed by atoms with Crippen molar-refractivity contribution in [3.63, 3.8) is 0 Å². The maximum Gasteiger partial charge on any atom is 0.338 e. The molecular weight excluding hydrogens is 1030 g/mol. The molecule has 8 aliphatic rings. The van der Waals surface area contributed by atoms with E-state index in [0.29, 0.717) is 24.3 Å². The van der Waals surface area contributed by atoms with Gasteiger partial charge in [0.05, 0.1) is 24.3 Å². The molecule has 2 fully saturated rings. The van der Waals surface area contributed by atoms with E-state index >= 15 is 0 Å². The van der Waals surface area contributed by atoms with Crippen LogP contribution in [0.3, 0.4) is 0 Å². The van der Waals surface area contributed by atoms with Gasteiger partial charge in [0.15, 0.2) is 0 Å². The van der Waals surface area contributed by atoms with Gasteiger partial charge >= 0.3 is 11.9 Å². The van der Waals surface area contributed by atoms with E-state index in [4.69, 9.17) is 9.47 Å². The predicted octanol–water partition coefficient (Wildman–Crippen LogP) is 18.4. The van der Waals surface area contributed by atoms with Crippen molar-refractivity contribution in [3.05, 3.63) is 93.0 Å². The van der Waals surface area contributed by atoms with E-state index in [2.05, 4.69) is 58.3 Å². The van der Waals surface area contributed by atoms with Crippen molar-refractivity contribution in [1.29, 1.82) is 0 Å². The van der Waals surface area contributed by atoms with E-state index in [0.717, 1.165) is 0 Å². The average molecular weight is 1050 g/mol. The summed E-state index contributed by atoms with van der Waals surface area (Å²) in [5.74, 6) is -0.541. The van der Waals surface area contributed by atoms with Gasteiger partial charge in [-0.1, -0.05) is 0 Å². The second-order valence-corrected chi connectivity index (χ2v) is 29.0. The third-order valence-electron chi connectivity index (χ3n) is 28.5. The number of anilines is 2. The molecule has 0 aromatic heterocycles. The number of nitrogens with zero attached hydrogens (tertiary/aromatic N) is 2. The summed E-state index contributed by atoms with van der Waals surface area (Å²) in [6, 6.07) is 17.6. The highest BCUT2D eigenvalue weighted by molar-refractivity contribution is 6.81. The molecule has 0 saturated carbocycles. The fraction of sp³-hybridized carbons (Fsp3) is 0.103. The van der Waals surface area contributed by atoms with Crippen molar-refractivity contribution in [2.75, 3.05) is 23.0 Å². The first-order chi connectivity index (χ1) is 41.6. The van der Waals surface area contributed by atoms with Gasteiger partial charge in [0.2, 0.25) is 0 Å². The summed E-state index contributed by atoms with van der Waals surface area (Å²) in [5, 5.41) is 78.9.